The van der Waals surface area contributed by atoms with Crippen molar-refractivity contribution in [3.8, 4) is 12.3 Å². The molecule has 1 amide bonds. The largest absolute Gasteiger partial charge is 0.338 e. The highest BCUT2D eigenvalue weighted by molar-refractivity contribution is 9.10. The monoisotopic (exact) mass is 311 g/mol. The van der Waals surface area contributed by atoms with E-state index in [1.165, 1.54) is 0 Å². The topological polar surface area (TPSA) is 29.1 Å². The first-order valence-corrected chi connectivity index (χ1v) is 6.58. The van der Waals surface area contributed by atoms with E-state index in [0.29, 0.717) is 5.56 Å². The molecule has 1 aromatic rings. The third-order valence-electron chi connectivity index (χ3n) is 2.28. The molecule has 1 unspecified atom stereocenters. The van der Waals surface area contributed by atoms with E-state index in [1.807, 2.05) is 13.0 Å². The Morgan fingerprint density at radius 2 is 2.35 bits per heavy atom. The molecule has 1 rings (SSSR count). The summed E-state index contributed by atoms with van der Waals surface area (Å²) in [5.74, 6) is 2.39. The number of nitrogens with one attached hydrogen (secondary N) is 1. The summed E-state index contributed by atoms with van der Waals surface area (Å²) in [4.78, 5) is 12.7. The van der Waals surface area contributed by atoms with Crippen LogP contribution in [0.25, 0.3) is 0 Å². The first-order valence-electron chi connectivity index (χ1n) is 5.34. The lowest BCUT2D eigenvalue weighted by molar-refractivity contribution is 0.0943. The molecular weight excluding hydrogens is 298 g/mol. The number of halogens is 1. The molecule has 1 N–H and O–H groups in total. The first-order chi connectivity index (χ1) is 8.08. The average molecular weight is 312 g/mol. The first kappa shape index (κ1) is 14.1. The molecule has 0 spiro atoms. The minimum absolute atomic E-state index is 0.177. The minimum atomic E-state index is -0.219. The zero-order valence-corrected chi connectivity index (χ0v) is 12.0. The van der Waals surface area contributed by atoms with Gasteiger partial charge < -0.3 is 5.32 Å². The number of amides is 1. The van der Waals surface area contributed by atoms with Crippen LogP contribution in [0.1, 0.15) is 30.1 Å². The van der Waals surface area contributed by atoms with Crippen molar-refractivity contribution in [3.05, 3.63) is 28.2 Å². The number of hydrogen-bond donors (Lipinski definition) is 2. The normalized spacial score (nSPS) is 11.6. The molecule has 1 atom stereocenters. The fraction of sp³-hybridized carbons (Fsp3) is 0.308. The number of rotatable bonds is 4. The highest BCUT2D eigenvalue weighted by Crippen LogP contribution is 2.20. The maximum Gasteiger partial charge on any atom is 0.253 e. The van der Waals surface area contributed by atoms with Gasteiger partial charge in [0.1, 0.15) is 0 Å². The molecule has 0 aliphatic carbocycles. The van der Waals surface area contributed by atoms with Gasteiger partial charge in [0, 0.05) is 9.37 Å². The van der Waals surface area contributed by atoms with Gasteiger partial charge in [-0.05, 0) is 40.5 Å². The van der Waals surface area contributed by atoms with Crippen molar-refractivity contribution in [2.45, 2.75) is 30.7 Å². The zero-order chi connectivity index (χ0) is 12.8. The van der Waals surface area contributed by atoms with E-state index in [0.717, 1.165) is 22.2 Å². The highest BCUT2D eigenvalue weighted by Gasteiger charge is 2.13. The van der Waals surface area contributed by atoms with Gasteiger partial charge in [-0.15, -0.1) is 19.1 Å². The van der Waals surface area contributed by atoms with Crippen LogP contribution in [0.4, 0.5) is 0 Å². The Labute approximate surface area is 116 Å². The Balaban J connectivity index is 2.83. The van der Waals surface area contributed by atoms with Gasteiger partial charge in [-0.1, -0.05) is 19.3 Å². The molecule has 0 bridgehead atoms. The number of carbonyl (C=O) groups is 1. The van der Waals surface area contributed by atoms with Gasteiger partial charge >= 0.3 is 0 Å². The Hall–Kier alpha value is -0.920. The molecule has 0 fully saturated rings. The lowest BCUT2D eigenvalue weighted by Gasteiger charge is -2.13. The quantitative estimate of drug-likeness (QED) is 0.648. The van der Waals surface area contributed by atoms with E-state index in [1.54, 1.807) is 12.1 Å². The number of benzene rings is 1. The van der Waals surface area contributed by atoms with Crippen LogP contribution < -0.4 is 5.32 Å². The molecular formula is C13H14BrNOS. The standard InChI is InChI=1S/C13H14BrNOS/c1-3-5-9(4-2)15-13(16)11-8-10(17)6-7-12(11)14/h2,6-9,17H,3,5H2,1H3,(H,15,16). The van der Waals surface area contributed by atoms with Gasteiger partial charge in [0.2, 0.25) is 0 Å². The highest BCUT2D eigenvalue weighted by atomic mass is 79.9. The molecule has 2 nitrogen and oxygen atoms in total. The van der Waals surface area contributed by atoms with Crippen molar-refractivity contribution in [2.75, 3.05) is 0 Å². The predicted molar refractivity (Wildman–Crippen MR) is 76.4 cm³/mol. The summed E-state index contributed by atoms with van der Waals surface area (Å²) in [5, 5.41) is 2.81. The maximum atomic E-state index is 12.0. The summed E-state index contributed by atoms with van der Waals surface area (Å²) in [6, 6.07) is 5.10. The average Bonchev–Trinajstić information content (AvgIpc) is 2.31. The summed E-state index contributed by atoms with van der Waals surface area (Å²) in [7, 11) is 0. The Morgan fingerprint density at radius 3 is 2.94 bits per heavy atom. The van der Waals surface area contributed by atoms with Crippen LogP contribution in [0, 0.1) is 12.3 Å². The van der Waals surface area contributed by atoms with Crippen molar-refractivity contribution >= 4 is 34.5 Å². The molecule has 17 heavy (non-hydrogen) atoms. The lowest BCUT2D eigenvalue weighted by atomic mass is 10.1. The van der Waals surface area contributed by atoms with E-state index in [2.05, 4.69) is 39.8 Å². The van der Waals surface area contributed by atoms with E-state index >= 15 is 0 Å². The zero-order valence-electron chi connectivity index (χ0n) is 9.53. The second-order valence-electron chi connectivity index (χ2n) is 3.65. The Bertz CT molecular complexity index is 453. The summed E-state index contributed by atoms with van der Waals surface area (Å²) >= 11 is 7.55. The SMILES string of the molecule is C#CC(CCC)NC(=O)c1cc(S)ccc1Br. The fourth-order valence-corrected chi connectivity index (χ4v) is 2.04. The Morgan fingerprint density at radius 1 is 1.65 bits per heavy atom. The van der Waals surface area contributed by atoms with Crippen molar-refractivity contribution in [3.63, 3.8) is 0 Å². The van der Waals surface area contributed by atoms with Crippen LogP contribution in [0.5, 0.6) is 0 Å². The van der Waals surface area contributed by atoms with Crippen molar-refractivity contribution in [2.24, 2.45) is 0 Å². The van der Waals surface area contributed by atoms with Gasteiger partial charge in [0.15, 0.2) is 0 Å². The predicted octanol–water partition coefficient (Wildman–Crippen LogP) is 3.27. The van der Waals surface area contributed by atoms with Gasteiger partial charge in [-0.3, -0.25) is 4.79 Å². The van der Waals surface area contributed by atoms with Crippen LogP contribution in [0.3, 0.4) is 0 Å². The molecule has 4 heteroatoms. The van der Waals surface area contributed by atoms with Crippen LogP contribution >= 0.6 is 28.6 Å². The number of thiol groups is 1. The van der Waals surface area contributed by atoms with Crippen molar-refractivity contribution in [1.82, 2.24) is 5.32 Å². The number of hydrogen-bond acceptors (Lipinski definition) is 2. The molecule has 0 aliphatic rings. The van der Waals surface area contributed by atoms with Crippen LogP contribution in [0.2, 0.25) is 0 Å². The van der Waals surface area contributed by atoms with Gasteiger partial charge in [-0.2, -0.15) is 0 Å². The summed E-state index contributed by atoms with van der Waals surface area (Å²) < 4.78 is 0.736. The lowest BCUT2D eigenvalue weighted by Crippen LogP contribution is -2.33. The molecule has 1 aromatic carbocycles. The third-order valence-corrected chi connectivity index (χ3v) is 3.25. The molecule has 0 saturated carbocycles. The minimum Gasteiger partial charge on any atom is -0.338 e. The van der Waals surface area contributed by atoms with Crippen LogP contribution in [0.15, 0.2) is 27.6 Å². The van der Waals surface area contributed by atoms with Gasteiger partial charge in [0.05, 0.1) is 11.6 Å². The fourth-order valence-electron chi connectivity index (χ4n) is 1.41. The second-order valence-corrected chi connectivity index (χ2v) is 5.02. The maximum absolute atomic E-state index is 12.0. The van der Waals surface area contributed by atoms with Gasteiger partial charge in [-0.25, -0.2) is 0 Å². The van der Waals surface area contributed by atoms with Crippen molar-refractivity contribution in [1.29, 1.82) is 0 Å². The third kappa shape index (κ3) is 4.10. The molecule has 0 heterocycles. The Kier molecular flexibility index (Phi) is 5.60. The van der Waals surface area contributed by atoms with Gasteiger partial charge in [0.25, 0.3) is 5.91 Å². The van der Waals surface area contributed by atoms with E-state index in [4.69, 9.17) is 6.42 Å². The van der Waals surface area contributed by atoms with E-state index < -0.39 is 0 Å². The summed E-state index contributed by atoms with van der Waals surface area (Å²) in [6.07, 6.45) is 7.07. The number of carbonyl (C=O) groups excluding carboxylic acids is 1. The van der Waals surface area contributed by atoms with Crippen LogP contribution in [-0.4, -0.2) is 11.9 Å². The van der Waals surface area contributed by atoms with E-state index in [-0.39, 0.29) is 11.9 Å². The summed E-state index contributed by atoms with van der Waals surface area (Å²) in [6.45, 7) is 2.03. The molecule has 0 aliphatic heterocycles. The molecule has 0 radical (unpaired) electrons. The second kappa shape index (κ2) is 6.73. The summed E-state index contributed by atoms with van der Waals surface area (Å²) in [5.41, 5.74) is 0.550. The number of terminal acetylenes is 1. The molecule has 0 saturated heterocycles. The smallest absolute Gasteiger partial charge is 0.253 e. The van der Waals surface area contributed by atoms with Crippen molar-refractivity contribution < 1.29 is 4.79 Å². The molecule has 90 valence electrons. The van der Waals surface area contributed by atoms with E-state index in [9.17, 15) is 4.79 Å². The van der Waals surface area contributed by atoms with Crippen LogP contribution in [-0.2, 0) is 0 Å². The molecule has 0 aromatic heterocycles.